The van der Waals surface area contributed by atoms with E-state index in [4.69, 9.17) is 4.74 Å². The maximum Gasteiger partial charge on any atom is 0.262 e. The Morgan fingerprint density at radius 2 is 1.85 bits per heavy atom. The van der Waals surface area contributed by atoms with Gasteiger partial charge in [-0.05, 0) is 78.7 Å². The summed E-state index contributed by atoms with van der Waals surface area (Å²) in [5.74, 6) is 1.45. The van der Waals surface area contributed by atoms with Gasteiger partial charge in [0.25, 0.3) is 10.0 Å². The Bertz CT molecular complexity index is 1210. The van der Waals surface area contributed by atoms with Crippen LogP contribution in [0.3, 0.4) is 0 Å². The minimum absolute atomic E-state index is 0.0558. The quantitative estimate of drug-likeness (QED) is 0.303. The van der Waals surface area contributed by atoms with Crippen molar-refractivity contribution in [3.05, 3.63) is 58.7 Å². The van der Waals surface area contributed by atoms with E-state index in [1.165, 1.54) is 6.07 Å². The highest BCUT2D eigenvalue weighted by Crippen LogP contribution is 2.27. The summed E-state index contributed by atoms with van der Waals surface area (Å²) in [5.41, 5.74) is 1.53. The van der Waals surface area contributed by atoms with Crippen molar-refractivity contribution in [2.75, 3.05) is 28.6 Å². The van der Waals surface area contributed by atoms with E-state index in [1.807, 2.05) is 13.8 Å². The van der Waals surface area contributed by atoms with Crippen LogP contribution in [0.25, 0.3) is 0 Å². The van der Waals surface area contributed by atoms with Gasteiger partial charge in [-0.25, -0.2) is 13.4 Å². The van der Waals surface area contributed by atoms with Crippen LogP contribution in [0.4, 0.5) is 23.1 Å². The Hall–Kier alpha value is -2.89. The fraction of sp³-hybridized carbons (Fsp3) is 0.273. The molecular weight excluding hydrogens is 510 g/mol. The van der Waals surface area contributed by atoms with Crippen molar-refractivity contribution in [1.29, 1.82) is 0 Å². The summed E-state index contributed by atoms with van der Waals surface area (Å²) in [6.45, 7) is 5.90. The van der Waals surface area contributed by atoms with Gasteiger partial charge in [0.1, 0.15) is 11.6 Å². The van der Waals surface area contributed by atoms with Gasteiger partial charge in [0, 0.05) is 23.6 Å². The molecule has 1 heterocycles. The fourth-order valence-corrected chi connectivity index (χ4v) is 4.54. The molecule has 0 saturated heterocycles. The molecule has 33 heavy (non-hydrogen) atoms. The highest BCUT2D eigenvalue weighted by atomic mass is 79.9. The number of aromatic nitrogens is 2. The third-order valence-electron chi connectivity index (χ3n) is 4.55. The third kappa shape index (κ3) is 6.56. The maximum absolute atomic E-state index is 13.0. The summed E-state index contributed by atoms with van der Waals surface area (Å²) in [6, 6.07) is 11.5. The number of hydrogen-bond acceptors (Lipinski definition) is 8. The Morgan fingerprint density at radius 3 is 2.52 bits per heavy atom. The molecule has 0 aliphatic rings. The molecule has 3 aromatic rings. The van der Waals surface area contributed by atoms with Crippen LogP contribution in [-0.2, 0) is 10.0 Å². The summed E-state index contributed by atoms with van der Waals surface area (Å²) < 4.78 is 34.7. The Morgan fingerprint density at radius 1 is 1.15 bits per heavy atom. The summed E-state index contributed by atoms with van der Waals surface area (Å²) in [5, 5.41) is 15.4. The molecular formula is C22H26BrN5O4S. The molecule has 0 unspecified atom stereocenters. The molecule has 176 valence electrons. The van der Waals surface area contributed by atoms with E-state index in [2.05, 4.69) is 41.3 Å². The van der Waals surface area contributed by atoms with Crippen LogP contribution in [0, 0.1) is 6.92 Å². The molecule has 9 nitrogen and oxygen atoms in total. The van der Waals surface area contributed by atoms with Crippen molar-refractivity contribution in [3.8, 4) is 5.75 Å². The van der Waals surface area contributed by atoms with Crippen molar-refractivity contribution >= 4 is 49.1 Å². The standard InChI is InChI=1S/C22H26BrN5O4S/c1-4-32-18-9-7-16(8-10-18)28-33(30,31)20-11-17(6-5-14(20)2)26-22-24-12-19(23)21(27-22)25-15(3)13-29/h5-12,15,28-29H,4,13H2,1-3H3,(H2,24,25,26,27)/t15-/m1/s1. The van der Waals surface area contributed by atoms with Gasteiger partial charge in [-0.3, -0.25) is 4.72 Å². The second-order valence-electron chi connectivity index (χ2n) is 7.29. The molecule has 11 heteroatoms. The number of ether oxygens (including phenoxy) is 1. The first kappa shape index (κ1) is 24.7. The average Bonchev–Trinajstić information content (AvgIpc) is 2.78. The second kappa shape index (κ2) is 10.8. The van der Waals surface area contributed by atoms with Crippen LogP contribution in [-0.4, -0.2) is 42.7 Å². The van der Waals surface area contributed by atoms with Crippen molar-refractivity contribution in [1.82, 2.24) is 9.97 Å². The predicted octanol–water partition coefficient (Wildman–Crippen LogP) is 4.28. The van der Waals surface area contributed by atoms with E-state index in [1.54, 1.807) is 49.5 Å². The number of aliphatic hydroxyl groups excluding tert-OH is 1. The van der Waals surface area contributed by atoms with E-state index >= 15 is 0 Å². The largest absolute Gasteiger partial charge is 0.494 e. The van der Waals surface area contributed by atoms with Crippen LogP contribution in [0.2, 0.25) is 0 Å². The smallest absolute Gasteiger partial charge is 0.262 e. The maximum atomic E-state index is 13.0. The minimum Gasteiger partial charge on any atom is -0.494 e. The molecule has 0 saturated carbocycles. The lowest BCUT2D eigenvalue weighted by Crippen LogP contribution is -2.20. The van der Waals surface area contributed by atoms with E-state index < -0.39 is 10.0 Å². The van der Waals surface area contributed by atoms with Crippen LogP contribution < -0.4 is 20.1 Å². The van der Waals surface area contributed by atoms with Gasteiger partial charge in [-0.15, -0.1) is 0 Å². The molecule has 0 fully saturated rings. The number of sulfonamides is 1. The monoisotopic (exact) mass is 535 g/mol. The van der Waals surface area contributed by atoms with E-state index in [0.29, 0.717) is 39.6 Å². The molecule has 0 radical (unpaired) electrons. The van der Waals surface area contributed by atoms with Gasteiger partial charge < -0.3 is 20.5 Å². The number of aryl methyl sites for hydroxylation is 1. The van der Waals surface area contributed by atoms with Gasteiger partial charge in [0.15, 0.2) is 0 Å². The molecule has 0 aliphatic carbocycles. The van der Waals surface area contributed by atoms with Crippen LogP contribution in [0.15, 0.2) is 58.0 Å². The zero-order valence-corrected chi connectivity index (χ0v) is 20.9. The van der Waals surface area contributed by atoms with Gasteiger partial charge in [0.2, 0.25) is 5.95 Å². The van der Waals surface area contributed by atoms with Crippen molar-refractivity contribution in [3.63, 3.8) is 0 Å². The molecule has 0 spiro atoms. The lowest BCUT2D eigenvalue weighted by atomic mass is 10.2. The van der Waals surface area contributed by atoms with E-state index in [0.717, 1.165) is 0 Å². The summed E-state index contributed by atoms with van der Waals surface area (Å²) in [7, 11) is -3.84. The van der Waals surface area contributed by atoms with Gasteiger partial charge in [-0.1, -0.05) is 6.07 Å². The lowest BCUT2D eigenvalue weighted by Gasteiger charge is -2.15. The number of nitrogens with zero attached hydrogens (tertiary/aromatic N) is 2. The molecule has 0 aliphatic heterocycles. The number of nitrogens with one attached hydrogen (secondary N) is 3. The normalized spacial score (nSPS) is 12.2. The highest BCUT2D eigenvalue weighted by Gasteiger charge is 2.18. The fourth-order valence-electron chi connectivity index (χ4n) is 2.90. The van der Waals surface area contributed by atoms with Gasteiger partial charge in [0.05, 0.1) is 22.6 Å². The highest BCUT2D eigenvalue weighted by molar-refractivity contribution is 9.10. The molecule has 0 amide bonds. The SMILES string of the molecule is CCOc1ccc(NS(=O)(=O)c2cc(Nc3ncc(Br)c(N[C@H](C)CO)n3)ccc2C)cc1. The first-order valence-electron chi connectivity index (χ1n) is 10.2. The Kier molecular flexibility index (Phi) is 8.11. The van der Waals surface area contributed by atoms with Crippen LogP contribution in [0.5, 0.6) is 5.75 Å². The van der Waals surface area contributed by atoms with E-state index in [-0.39, 0.29) is 23.5 Å². The number of aliphatic hydroxyl groups is 1. The van der Waals surface area contributed by atoms with Gasteiger partial charge in [-0.2, -0.15) is 4.98 Å². The molecule has 2 aromatic carbocycles. The molecule has 4 N–H and O–H groups in total. The van der Waals surface area contributed by atoms with Crippen molar-refractivity contribution < 1.29 is 18.3 Å². The number of halogens is 1. The van der Waals surface area contributed by atoms with E-state index in [9.17, 15) is 13.5 Å². The number of anilines is 4. The first-order chi connectivity index (χ1) is 15.7. The topological polar surface area (TPSA) is 125 Å². The number of hydrogen-bond donors (Lipinski definition) is 4. The third-order valence-corrected chi connectivity index (χ3v) is 6.66. The van der Waals surface area contributed by atoms with Crippen molar-refractivity contribution in [2.45, 2.75) is 31.7 Å². The summed E-state index contributed by atoms with van der Waals surface area (Å²) >= 11 is 3.37. The Balaban J connectivity index is 1.82. The van der Waals surface area contributed by atoms with Crippen molar-refractivity contribution in [2.24, 2.45) is 0 Å². The molecule has 1 atom stereocenters. The number of rotatable bonds is 10. The first-order valence-corrected chi connectivity index (χ1v) is 12.5. The van der Waals surface area contributed by atoms with Crippen LogP contribution >= 0.6 is 15.9 Å². The number of benzene rings is 2. The lowest BCUT2D eigenvalue weighted by molar-refractivity contribution is 0.281. The average molecular weight is 536 g/mol. The van der Waals surface area contributed by atoms with Crippen LogP contribution in [0.1, 0.15) is 19.4 Å². The molecule has 3 rings (SSSR count). The minimum atomic E-state index is -3.84. The Labute approximate surface area is 201 Å². The van der Waals surface area contributed by atoms with Gasteiger partial charge >= 0.3 is 0 Å². The molecule has 1 aromatic heterocycles. The zero-order valence-electron chi connectivity index (χ0n) is 18.5. The predicted molar refractivity (Wildman–Crippen MR) is 133 cm³/mol. The second-order valence-corrected chi connectivity index (χ2v) is 9.79. The summed E-state index contributed by atoms with van der Waals surface area (Å²) in [6.07, 6.45) is 1.57. The zero-order chi connectivity index (χ0) is 24.0. The summed E-state index contributed by atoms with van der Waals surface area (Å²) in [4.78, 5) is 8.75. The molecule has 0 bridgehead atoms.